The number of ether oxygens (including phenoxy) is 2. The number of piperazine rings is 1. The minimum atomic E-state index is -0.0450. The summed E-state index contributed by atoms with van der Waals surface area (Å²) in [6, 6.07) is 3.45. The first kappa shape index (κ1) is 23.9. The standard InChI is InChI=1S/C20H32N4O4.HI/c1-2-21-20(22-7-4-12-26-15-17-6-14-27-16-17)24-10-8-23(9-11-24)19(25)18-5-3-13-28-18;/h3,5,13,17H,2,4,6-12,14-16H2,1H3,(H,21,22);1H. The van der Waals surface area contributed by atoms with Crippen molar-refractivity contribution >= 4 is 35.8 Å². The summed E-state index contributed by atoms with van der Waals surface area (Å²) in [6.45, 7) is 9.68. The Morgan fingerprint density at radius 1 is 1.31 bits per heavy atom. The molecular formula is C20H33IN4O4. The van der Waals surface area contributed by atoms with Crippen LogP contribution in [0.4, 0.5) is 0 Å². The summed E-state index contributed by atoms with van der Waals surface area (Å²) in [5, 5.41) is 3.36. The normalized spacial score (nSPS) is 19.9. The molecular weight excluding hydrogens is 487 g/mol. The third-order valence-corrected chi connectivity index (χ3v) is 5.02. The lowest BCUT2D eigenvalue weighted by Crippen LogP contribution is -2.53. The number of carbonyl (C=O) groups excluding carboxylic acids is 1. The van der Waals surface area contributed by atoms with Crippen LogP contribution in [-0.2, 0) is 9.47 Å². The number of nitrogens with one attached hydrogen (secondary N) is 1. The van der Waals surface area contributed by atoms with E-state index in [9.17, 15) is 4.79 Å². The molecule has 2 aliphatic heterocycles. The van der Waals surface area contributed by atoms with Gasteiger partial charge in [0.25, 0.3) is 5.91 Å². The van der Waals surface area contributed by atoms with Gasteiger partial charge >= 0.3 is 0 Å². The second-order valence-electron chi connectivity index (χ2n) is 7.15. The Morgan fingerprint density at radius 2 is 2.10 bits per heavy atom. The van der Waals surface area contributed by atoms with E-state index in [-0.39, 0.29) is 29.9 Å². The topological polar surface area (TPSA) is 79.5 Å². The van der Waals surface area contributed by atoms with Gasteiger partial charge in [0.2, 0.25) is 0 Å². The third-order valence-electron chi connectivity index (χ3n) is 5.02. The van der Waals surface area contributed by atoms with Crippen LogP contribution < -0.4 is 5.32 Å². The zero-order valence-electron chi connectivity index (χ0n) is 17.2. The Kier molecular flexibility index (Phi) is 10.8. The second kappa shape index (κ2) is 13.1. The summed E-state index contributed by atoms with van der Waals surface area (Å²) < 4.78 is 16.3. The average Bonchev–Trinajstić information content (AvgIpc) is 3.43. The van der Waals surface area contributed by atoms with Crippen LogP contribution in [0, 0.1) is 5.92 Å². The van der Waals surface area contributed by atoms with E-state index in [1.165, 1.54) is 6.26 Å². The van der Waals surface area contributed by atoms with Crippen LogP contribution in [0.15, 0.2) is 27.8 Å². The van der Waals surface area contributed by atoms with Gasteiger partial charge in [0.1, 0.15) is 0 Å². The van der Waals surface area contributed by atoms with E-state index in [0.717, 1.165) is 71.4 Å². The molecule has 2 saturated heterocycles. The Balaban J connectivity index is 0.00000300. The highest BCUT2D eigenvalue weighted by atomic mass is 127. The van der Waals surface area contributed by atoms with Crippen molar-refractivity contribution in [2.75, 3.05) is 65.7 Å². The molecule has 3 heterocycles. The van der Waals surface area contributed by atoms with Gasteiger partial charge in [-0.1, -0.05) is 0 Å². The van der Waals surface area contributed by atoms with Gasteiger partial charge in [-0.2, -0.15) is 0 Å². The third kappa shape index (κ3) is 7.45. The first-order valence-corrected chi connectivity index (χ1v) is 10.3. The zero-order valence-corrected chi connectivity index (χ0v) is 19.5. The maximum absolute atomic E-state index is 12.4. The highest BCUT2D eigenvalue weighted by molar-refractivity contribution is 14.0. The Morgan fingerprint density at radius 3 is 2.76 bits per heavy atom. The fraction of sp³-hybridized carbons (Fsp3) is 0.700. The lowest BCUT2D eigenvalue weighted by atomic mass is 10.1. The van der Waals surface area contributed by atoms with Crippen molar-refractivity contribution in [3.8, 4) is 0 Å². The number of guanidine groups is 1. The number of amides is 1. The van der Waals surface area contributed by atoms with Crippen molar-refractivity contribution in [3.05, 3.63) is 24.2 Å². The minimum Gasteiger partial charge on any atom is -0.459 e. The number of halogens is 1. The van der Waals surface area contributed by atoms with Gasteiger partial charge in [0, 0.05) is 58.4 Å². The Labute approximate surface area is 190 Å². The molecule has 1 unspecified atom stereocenters. The van der Waals surface area contributed by atoms with Crippen molar-refractivity contribution in [1.82, 2.24) is 15.1 Å². The lowest BCUT2D eigenvalue weighted by Gasteiger charge is -2.36. The van der Waals surface area contributed by atoms with Crippen LogP contribution in [0.3, 0.4) is 0 Å². The molecule has 1 atom stereocenters. The van der Waals surface area contributed by atoms with Gasteiger partial charge in [0.05, 0.1) is 19.5 Å². The maximum atomic E-state index is 12.4. The summed E-state index contributed by atoms with van der Waals surface area (Å²) >= 11 is 0. The molecule has 2 aliphatic rings. The molecule has 0 aromatic carbocycles. The van der Waals surface area contributed by atoms with Crippen molar-refractivity contribution in [2.24, 2.45) is 10.9 Å². The van der Waals surface area contributed by atoms with Crippen molar-refractivity contribution in [2.45, 2.75) is 19.8 Å². The summed E-state index contributed by atoms with van der Waals surface area (Å²) in [6.07, 6.45) is 3.54. The number of rotatable bonds is 8. The van der Waals surface area contributed by atoms with Crippen LogP contribution in [-0.4, -0.2) is 87.4 Å². The number of carbonyl (C=O) groups is 1. The fourth-order valence-electron chi connectivity index (χ4n) is 3.42. The van der Waals surface area contributed by atoms with E-state index in [2.05, 4.69) is 17.1 Å². The van der Waals surface area contributed by atoms with E-state index in [1.807, 2.05) is 4.90 Å². The number of nitrogens with zero attached hydrogens (tertiary/aromatic N) is 3. The van der Waals surface area contributed by atoms with Crippen LogP contribution in [0.25, 0.3) is 0 Å². The monoisotopic (exact) mass is 520 g/mol. The van der Waals surface area contributed by atoms with Gasteiger partial charge in [-0.25, -0.2) is 0 Å². The summed E-state index contributed by atoms with van der Waals surface area (Å²) in [7, 11) is 0. The molecule has 1 amide bonds. The van der Waals surface area contributed by atoms with E-state index in [0.29, 0.717) is 24.8 Å². The van der Waals surface area contributed by atoms with Gasteiger partial charge < -0.3 is 29.0 Å². The molecule has 9 heteroatoms. The SMILES string of the molecule is CCNC(=NCCCOCC1CCOC1)N1CCN(C(=O)c2ccco2)CC1.I. The Bertz CT molecular complexity index is 612. The van der Waals surface area contributed by atoms with Crippen molar-refractivity contribution in [1.29, 1.82) is 0 Å². The van der Waals surface area contributed by atoms with E-state index in [1.54, 1.807) is 12.1 Å². The molecule has 2 fully saturated rings. The van der Waals surface area contributed by atoms with Crippen LogP contribution in [0.5, 0.6) is 0 Å². The van der Waals surface area contributed by atoms with Crippen LogP contribution >= 0.6 is 24.0 Å². The quantitative estimate of drug-likeness (QED) is 0.245. The molecule has 29 heavy (non-hydrogen) atoms. The second-order valence-corrected chi connectivity index (χ2v) is 7.15. The smallest absolute Gasteiger partial charge is 0.289 e. The van der Waals surface area contributed by atoms with E-state index < -0.39 is 0 Å². The highest BCUT2D eigenvalue weighted by Crippen LogP contribution is 2.12. The fourth-order valence-corrected chi connectivity index (χ4v) is 3.42. The molecule has 0 bridgehead atoms. The van der Waals surface area contributed by atoms with E-state index in [4.69, 9.17) is 18.9 Å². The van der Waals surface area contributed by atoms with Crippen molar-refractivity contribution in [3.63, 3.8) is 0 Å². The molecule has 0 saturated carbocycles. The minimum absolute atomic E-state index is 0. The number of hydrogen-bond acceptors (Lipinski definition) is 5. The van der Waals surface area contributed by atoms with Gasteiger partial charge in [-0.3, -0.25) is 9.79 Å². The summed E-state index contributed by atoms with van der Waals surface area (Å²) in [5.74, 6) is 1.83. The molecule has 164 valence electrons. The first-order valence-electron chi connectivity index (χ1n) is 10.3. The summed E-state index contributed by atoms with van der Waals surface area (Å²) in [4.78, 5) is 21.2. The molecule has 0 spiro atoms. The van der Waals surface area contributed by atoms with Gasteiger partial charge in [0.15, 0.2) is 11.7 Å². The van der Waals surface area contributed by atoms with Crippen LogP contribution in [0.1, 0.15) is 30.3 Å². The van der Waals surface area contributed by atoms with E-state index >= 15 is 0 Å². The first-order chi connectivity index (χ1) is 13.8. The highest BCUT2D eigenvalue weighted by Gasteiger charge is 2.25. The zero-order chi connectivity index (χ0) is 19.6. The molecule has 1 N–H and O–H groups in total. The molecule has 0 radical (unpaired) electrons. The lowest BCUT2D eigenvalue weighted by molar-refractivity contribution is 0.0657. The Hall–Kier alpha value is -1.33. The molecule has 8 nitrogen and oxygen atoms in total. The number of furan rings is 1. The predicted molar refractivity (Wildman–Crippen MR) is 122 cm³/mol. The molecule has 0 aliphatic carbocycles. The largest absolute Gasteiger partial charge is 0.459 e. The molecule has 1 aromatic rings. The van der Waals surface area contributed by atoms with Crippen LogP contribution in [0.2, 0.25) is 0 Å². The number of aliphatic imine (C=N–C) groups is 1. The summed E-state index contributed by atoms with van der Waals surface area (Å²) in [5.41, 5.74) is 0. The number of hydrogen-bond donors (Lipinski definition) is 1. The van der Waals surface area contributed by atoms with Gasteiger partial charge in [-0.05, 0) is 31.9 Å². The maximum Gasteiger partial charge on any atom is 0.289 e. The molecule has 3 rings (SSSR count). The van der Waals surface area contributed by atoms with Gasteiger partial charge in [-0.15, -0.1) is 24.0 Å². The molecule has 1 aromatic heterocycles. The average molecular weight is 520 g/mol. The predicted octanol–water partition coefficient (Wildman–Crippen LogP) is 2.06. The van der Waals surface area contributed by atoms with Crippen molar-refractivity contribution < 1.29 is 18.7 Å².